The smallest absolute Gasteiger partial charge is 0.0647 e. The molecule has 2 aromatic heterocycles. The first-order chi connectivity index (χ1) is 58.6. The molecule has 118 heavy (non-hydrogen) atoms. The van der Waals surface area contributed by atoms with Crippen LogP contribution in [0, 0.1) is 0 Å². The number of nitrogens with zero attached hydrogens (tertiary/aromatic N) is 4. The van der Waals surface area contributed by atoms with Crippen LogP contribution in [0.5, 0.6) is 0 Å². The third kappa shape index (κ3) is 12.3. The van der Waals surface area contributed by atoms with Gasteiger partial charge in [-0.15, -0.1) is 22.7 Å². The second-order valence-electron chi connectivity index (χ2n) is 30.2. The molecule has 0 amide bonds. The highest BCUT2D eigenvalue weighted by atomic mass is 32.1. The van der Waals surface area contributed by atoms with Crippen LogP contribution in [-0.2, 0) is 0 Å². The minimum atomic E-state index is 1.05. The van der Waals surface area contributed by atoms with Gasteiger partial charge in [-0.05, 0) is 203 Å². The van der Waals surface area contributed by atoms with Gasteiger partial charge in [0.05, 0.1) is 52.9 Å². The summed E-state index contributed by atoms with van der Waals surface area (Å²) in [4.78, 5) is 10.0. The Kier molecular flexibility index (Phi) is 17.6. The molecule has 0 aliphatic rings. The van der Waals surface area contributed by atoms with Gasteiger partial charge in [0.15, 0.2) is 0 Å². The summed E-state index contributed by atoms with van der Waals surface area (Å²) >= 11 is 3.79. The number of rotatable bonds is 17. The molecular weight excluding hydrogens is 1470 g/mol. The summed E-state index contributed by atoms with van der Waals surface area (Å²) in [6.45, 7) is 0. The second-order valence-corrected chi connectivity index (χ2v) is 32.2. The molecule has 0 unspecified atom stereocenters. The van der Waals surface area contributed by atoms with E-state index in [1.807, 2.05) is 22.7 Å². The molecule has 0 radical (unpaired) electrons. The van der Waals surface area contributed by atoms with Crippen LogP contribution in [0.15, 0.2) is 449 Å². The van der Waals surface area contributed by atoms with Crippen molar-refractivity contribution in [1.82, 2.24) is 0 Å². The van der Waals surface area contributed by atoms with E-state index in [1.54, 1.807) is 0 Å². The monoisotopic (exact) mass is 1540 g/mol. The molecular formula is C112H74N4S2. The van der Waals surface area contributed by atoms with Crippen molar-refractivity contribution in [2.24, 2.45) is 0 Å². The van der Waals surface area contributed by atoms with Crippen LogP contribution in [-0.4, -0.2) is 0 Å². The quantitative estimate of drug-likeness (QED) is 0.0901. The summed E-state index contributed by atoms with van der Waals surface area (Å²) in [5.41, 5.74) is 24.6. The second kappa shape index (κ2) is 29.8. The first-order valence-electron chi connectivity index (χ1n) is 40.3. The minimum absolute atomic E-state index is 1.05. The lowest BCUT2D eigenvalue weighted by molar-refractivity contribution is 1.30. The maximum absolute atomic E-state index is 2.52. The highest BCUT2D eigenvalue weighted by Gasteiger charge is 2.30. The van der Waals surface area contributed by atoms with Crippen LogP contribution in [0.3, 0.4) is 0 Å². The largest absolute Gasteiger partial charge is 0.309 e. The Morgan fingerprint density at radius 3 is 0.737 bits per heavy atom. The summed E-state index contributed by atoms with van der Waals surface area (Å²) in [5.74, 6) is 0. The Morgan fingerprint density at radius 1 is 0.144 bits per heavy atom. The van der Waals surface area contributed by atoms with E-state index in [2.05, 4.69) is 469 Å². The summed E-state index contributed by atoms with van der Waals surface area (Å²) in [6, 6.07) is 165. The highest BCUT2D eigenvalue weighted by Crippen LogP contribution is 2.58. The molecule has 2 heterocycles. The Bertz CT molecular complexity index is 7510. The molecule has 0 atom stereocenters. The van der Waals surface area contributed by atoms with Gasteiger partial charge in [-0.2, -0.15) is 0 Å². The molecule has 554 valence electrons. The summed E-state index contributed by atoms with van der Waals surface area (Å²) in [7, 11) is 0. The molecule has 0 spiro atoms. The van der Waals surface area contributed by atoms with Gasteiger partial charge in [0, 0.05) is 66.8 Å². The number of para-hydroxylation sites is 5. The van der Waals surface area contributed by atoms with Crippen molar-refractivity contribution in [3.63, 3.8) is 0 Å². The number of hydrogen-bond acceptors (Lipinski definition) is 6. The van der Waals surface area contributed by atoms with E-state index >= 15 is 0 Å². The van der Waals surface area contributed by atoms with Crippen molar-refractivity contribution in [2.45, 2.75) is 0 Å². The third-order valence-electron chi connectivity index (χ3n) is 23.3. The number of benzene rings is 20. The lowest BCUT2D eigenvalue weighted by Gasteiger charge is -2.29. The van der Waals surface area contributed by atoms with Crippen molar-refractivity contribution < 1.29 is 0 Å². The first kappa shape index (κ1) is 69.8. The van der Waals surface area contributed by atoms with Gasteiger partial charge in [0.25, 0.3) is 0 Å². The number of thiophene rings is 2. The molecule has 0 saturated carbocycles. The van der Waals surface area contributed by atoms with Gasteiger partial charge in [0.2, 0.25) is 0 Å². The van der Waals surface area contributed by atoms with Gasteiger partial charge in [-0.3, -0.25) is 0 Å². The molecule has 0 aliphatic carbocycles. The summed E-state index contributed by atoms with van der Waals surface area (Å²) < 4.78 is 4.79. The molecule has 6 heteroatoms. The normalized spacial score (nSPS) is 11.6. The molecule has 0 N–H and O–H groups in total. The number of fused-ring (bicyclic) bond motifs is 14. The van der Waals surface area contributed by atoms with Crippen molar-refractivity contribution >= 4 is 174 Å². The third-order valence-corrected chi connectivity index (χ3v) is 25.8. The lowest BCUT2D eigenvalue weighted by Crippen LogP contribution is -2.11. The van der Waals surface area contributed by atoms with E-state index in [-0.39, 0.29) is 0 Å². The van der Waals surface area contributed by atoms with Crippen LogP contribution in [0.4, 0.5) is 68.2 Å². The van der Waals surface area contributed by atoms with Gasteiger partial charge < -0.3 is 19.6 Å². The molecule has 22 aromatic rings. The maximum Gasteiger partial charge on any atom is 0.0647 e. The van der Waals surface area contributed by atoms with Gasteiger partial charge in [-0.25, -0.2) is 0 Å². The molecule has 20 aromatic carbocycles. The molecule has 0 bridgehead atoms. The maximum atomic E-state index is 2.52. The zero-order valence-corrected chi connectivity index (χ0v) is 66.0. The average Bonchev–Trinajstić information content (AvgIpc) is 1.53. The fourth-order valence-electron chi connectivity index (χ4n) is 17.9. The van der Waals surface area contributed by atoms with Crippen molar-refractivity contribution in [3.8, 4) is 55.6 Å². The van der Waals surface area contributed by atoms with Gasteiger partial charge in [0.1, 0.15) is 0 Å². The molecule has 0 aliphatic heterocycles. The topological polar surface area (TPSA) is 13.0 Å². The molecule has 4 nitrogen and oxygen atoms in total. The van der Waals surface area contributed by atoms with Crippen LogP contribution in [0.25, 0.3) is 139 Å². The Hall–Kier alpha value is -14.9. The van der Waals surface area contributed by atoms with Crippen molar-refractivity contribution in [1.29, 1.82) is 0 Å². The van der Waals surface area contributed by atoms with E-state index < -0.39 is 0 Å². The summed E-state index contributed by atoms with van der Waals surface area (Å²) in [5, 5.41) is 14.4. The minimum Gasteiger partial charge on any atom is -0.309 e. The molecule has 0 saturated heterocycles. The first-order valence-corrected chi connectivity index (χ1v) is 41.9. The van der Waals surface area contributed by atoms with Crippen LogP contribution in [0.1, 0.15) is 0 Å². The van der Waals surface area contributed by atoms with Gasteiger partial charge >= 0.3 is 0 Å². The number of anilines is 12. The fraction of sp³-hybridized carbons (Fsp3) is 0. The van der Waals surface area contributed by atoms with E-state index in [9.17, 15) is 0 Å². The van der Waals surface area contributed by atoms with E-state index in [1.165, 1.54) is 89.4 Å². The predicted molar refractivity (Wildman–Crippen MR) is 508 cm³/mol. The summed E-state index contributed by atoms with van der Waals surface area (Å²) in [6.07, 6.45) is 0. The van der Waals surface area contributed by atoms with E-state index in [0.29, 0.717) is 0 Å². The lowest BCUT2D eigenvalue weighted by atomic mass is 9.94. The Balaban J connectivity index is 0.769. The average molecular weight is 1540 g/mol. The van der Waals surface area contributed by atoms with E-state index in [4.69, 9.17) is 0 Å². The Labute approximate surface area is 693 Å². The molecule has 0 fully saturated rings. The van der Waals surface area contributed by atoms with Crippen molar-refractivity contribution in [2.75, 3.05) is 19.6 Å². The van der Waals surface area contributed by atoms with E-state index in [0.717, 1.165) is 118 Å². The fourth-order valence-corrected chi connectivity index (χ4v) is 20.6. The predicted octanol–water partition coefficient (Wildman–Crippen LogP) is 33.2. The zero-order chi connectivity index (χ0) is 78.0. The van der Waals surface area contributed by atoms with Crippen molar-refractivity contribution in [3.05, 3.63) is 449 Å². The zero-order valence-electron chi connectivity index (χ0n) is 64.3. The molecule has 22 rings (SSSR count). The number of hydrogen-bond donors (Lipinski definition) is 0. The Morgan fingerprint density at radius 2 is 0.381 bits per heavy atom. The van der Waals surface area contributed by atoms with Gasteiger partial charge in [-0.1, -0.05) is 334 Å². The standard InChI is InChI=1S/C112H74N4S2/c1-8-32-75(33-9-1)77-58-64-90(65-59-77)113(87-43-16-5-17-44-87)101-71-83-40-22-25-51-95(83)105-106-96-52-26-23-41-84(96)72-102(110(106)117-109(101)105)114(91-66-60-78(61-67-91)76-34-10-2-11-35-76)92-68-62-79(63-69-92)82-56-57-86-74-104(116(89-47-20-7-21-48-89)100-55-31-29-50-94(100)81-38-14-4-15-39-81)112-108(98(86)70-82)107-97-53-27-24-42-85(97)73-103(111(107)118-112)115(88-45-18-6-19-46-88)99-54-30-28-49-93(99)80-36-12-3-13-37-80/h1-74H. The SMILES string of the molecule is c1ccc(-c2ccc(N(c3ccccc3)c3cc4ccccc4c4c3sc3c(N(c5ccc(-c6ccccc6)cc5)c5ccc(-c6ccc7cc(N(c8ccccc8)c8ccccc8-c8ccccc8)c8sc9c(N(c%10ccccc%10)c%10ccccc%10-c%10ccccc%10)cc%10ccccc%10c9c8c7c6)cc5)cc5ccccc5c34)cc2)cc1. The highest BCUT2D eigenvalue weighted by molar-refractivity contribution is 7.28. The van der Waals surface area contributed by atoms with Crippen LogP contribution in [0.2, 0.25) is 0 Å². The van der Waals surface area contributed by atoms with Crippen LogP contribution < -0.4 is 19.6 Å². The van der Waals surface area contributed by atoms with Crippen LogP contribution >= 0.6 is 22.7 Å².